The molecule has 1 amide bonds. The molecular formula is C30H28N2O5. The number of ketones is 1. The molecule has 37 heavy (non-hydrogen) atoms. The molecule has 2 heterocycles. The van der Waals surface area contributed by atoms with Crippen LogP contribution < -0.4 is 9.47 Å². The van der Waals surface area contributed by atoms with Crippen molar-refractivity contribution < 1.29 is 24.2 Å². The number of para-hydroxylation sites is 1. The molecule has 3 aromatic carbocycles. The molecule has 188 valence electrons. The van der Waals surface area contributed by atoms with Crippen molar-refractivity contribution in [2.24, 2.45) is 0 Å². The number of H-pyrrole nitrogens is 1. The van der Waals surface area contributed by atoms with Gasteiger partial charge in [-0.2, -0.15) is 0 Å². The number of amides is 1. The van der Waals surface area contributed by atoms with Gasteiger partial charge in [-0.3, -0.25) is 9.59 Å². The maximum atomic E-state index is 13.4. The molecule has 2 N–H and O–H groups in total. The molecule has 0 saturated carbocycles. The van der Waals surface area contributed by atoms with Crippen molar-refractivity contribution in [3.63, 3.8) is 0 Å². The summed E-state index contributed by atoms with van der Waals surface area (Å²) in [5, 5.41) is 12.4. The number of likely N-dealkylation sites (tertiary alicyclic amines) is 1. The van der Waals surface area contributed by atoms with Crippen molar-refractivity contribution in [1.29, 1.82) is 0 Å². The van der Waals surface area contributed by atoms with Crippen LogP contribution in [0.1, 0.15) is 28.3 Å². The number of Topliss-reactive ketones (excluding diaryl/α,β-unsaturated/α-hetero) is 1. The molecule has 4 aromatic rings. The Morgan fingerprint density at radius 1 is 0.973 bits per heavy atom. The van der Waals surface area contributed by atoms with E-state index >= 15 is 0 Å². The molecule has 1 aromatic heterocycles. The lowest BCUT2D eigenvalue weighted by molar-refractivity contribution is -0.139. The van der Waals surface area contributed by atoms with Crippen molar-refractivity contribution in [2.75, 3.05) is 20.8 Å². The average Bonchev–Trinajstić information content (AvgIpc) is 3.45. The number of hydrogen-bond donors (Lipinski definition) is 2. The molecule has 0 spiro atoms. The molecule has 1 saturated heterocycles. The van der Waals surface area contributed by atoms with E-state index in [2.05, 4.69) is 4.98 Å². The van der Waals surface area contributed by atoms with E-state index in [4.69, 9.17) is 9.47 Å². The Balaban J connectivity index is 1.60. The number of aromatic nitrogens is 1. The number of benzene rings is 3. The summed E-state index contributed by atoms with van der Waals surface area (Å²) in [5.74, 6) is -0.559. The minimum atomic E-state index is -0.786. The van der Waals surface area contributed by atoms with E-state index in [1.54, 1.807) is 37.4 Å². The smallest absolute Gasteiger partial charge is 0.295 e. The maximum absolute atomic E-state index is 13.4. The van der Waals surface area contributed by atoms with Crippen molar-refractivity contribution in [3.05, 3.63) is 101 Å². The highest BCUT2D eigenvalue weighted by molar-refractivity contribution is 6.46. The SMILES string of the molecule is COc1ccc(C2/C(=C(/O)c3ccc(C)cc3)C(=O)C(=O)N2CCc2c[nH]c3ccccc23)cc1OC. The van der Waals surface area contributed by atoms with Crippen molar-refractivity contribution >= 4 is 28.4 Å². The number of aliphatic hydroxyl groups is 1. The Morgan fingerprint density at radius 3 is 2.43 bits per heavy atom. The Bertz CT molecular complexity index is 1520. The van der Waals surface area contributed by atoms with Gasteiger partial charge in [0.15, 0.2) is 11.5 Å². The van der Waals surface area contributed by atoms with Crippen molar-refractivity contribution in [2.45, 2.75) is 19.4 Å². The molecule has 0 bridgehead atoms. The van der Waals surface area contributed by atoms with Gasteiger partial charge in [0.05, 0.1) is 25.8 Å². The minimum absolute atomic E-state index is 0.0556. The molecular weight excluding hydrogens is 468 g/mol. The number of fused-ring (bicyclic) bond motifs is 1. The summed E-state index contributed by atoms with van der Waals surface area (Å²) in [6, 6.07) is 19.6. The zero-order chi connectivity index (χ0) is 26.1. The number of methoxy groups -OCH3 is 2. The number of rotatable bonds is 7. The van der Waals surface area contributed by atoms with Crippen LogP contribution in [0.2, 0.25) is 0 Å². The minimum Gasteiger partial charge on any atom is -0.507 e. The number of nitrogens with zero attached hydrogens (tertiary/aromatic N) is 1. The topological polar surface area (TPSA) is 91.9 Å². The van der Waals surface area contributed by atoms with Gasteiger partial charge >= 0.3 is 0 Å². The number of aliphatic hydroxyl groups excluding tert-OH is 1. The van der Waals surface area contributed by atoms with Gasteiger partial charge in [-0.1, -0.05) is 54.1 Å². The second-order valence-corrected chi connectivity index (χ2v) is 9.08. The first-order chi connectivity index (χ1) is 17.9. The Hall–Kier alpha value is -4.52. The van der Waals surface area contributed by atoms with E-state index in [1.807, 2.05) is 49.5 Å². The molecule has 0 radical (unpaired) electrons. The third kappa shape index (κ3) is 4.33. The van der Waals surface area contributed by atoms with Gasteiger partial charge in [0.2, 0.25) is 0 Å². The summed E-state index contributed by atoms with van der Waals surface area (Å²) in [6.07, 6.45) is 2.46. The van der Waals surface area contributed by atoms with Crippen LogP contribution in [0.4, 0.5) is 0 Å². The lowest BCUT2D eigenvalue weighted by atomic mass is 9.94. The second kappa shape index (κ2) is 9.85. The van der Waals surface area contributed by atoms with Gasteiger partial charge < -0.3 is 24.5 Å². The van der Waals surface area contributed by atoms with Crippen LogP contribution in [-0.2, 0) is 16.0 Å². The normalized spacial score (nSPS) is 16.9. The highest BCUT2D eigenvalue weighted by Gasteiger charge is 2.46. The standard InChI is InChI=1S/C30H28N2O5/c1-18-8-10-19(11-9-18)28(33)26-27(20-12-13-24(36-2)25(16-20)37-3)32(30(35)29(26)34)15-14-21-17-31-23-7-5-4-6-22(21)23/h4-13,16-17,27,31,33H,14-15H2,1-3H3/b28-26-. The quantitative estimate of drug-likeness (QED) is 0.210. The Kier molecular flexibility index (Phi) is 6.44. The van der Waals surface area contributed by atoms with Gasteiger partial charge in [0, 0.05) is 29.2 Å². The Labute approximate surface area is 214 Å². The number of carbonyl (C=O) groups is 2. The lowest BCUT2D eigenvalue weighted by Crippen LogP contribution is -2.31. The van der Waals surface area contributed by atoms with E-state index in [9.17, 15) is 14.7 Å². The average molecular weight is 497 g/mol. The summed E-state index contributed by atoms with van der Waals surface area (Å²) in [4.78, 5) is 31.5. The van der Waals surface area contributed by atoms with Crippen LogP contribution in [-0.4, -0.2) is 47.4 Å². The summed E-state index contributed by atoms with van der Waals surface area (Å²) in [7, 11) is 3.07. The molecule has 1 aliphatic rings. The number of aromatic amines is 1. The van der Waals surface area contributed by atoms with E-state index < -0.39 is 17.7 Å². The lowest BCUT2D eigenvalue weighted by Gasteiger charge is -2.26. The third-order valence-electron chi connectivity index (χ3n) is 6.89. The van der Waals surface area contributed by atoms with E-state index in [0.717, 1.165) is 22.0 Å². The van der Waals surface area contributed by atoms with Gasteiger partial charge in [-0.05, 0) is 42.7 Å². The van der Waals surface area contributed by atoms with Crippen LogP contribution in [0.3, 0.4) is 0 Å². The molecule has 1 fully saturated rings. The highest BCUT2D eigenvalue weighted by atomic mass is 16.5. The number of nitrogens with one attached hydrogen (secondary N) is 1. The second-order valence-electron chi connectivity index (χ2n) is 9.08. The highest BCUT2D eigenvalue weighted by Crippen LogP contribution is 2.42. The molecule has 1 atom stereocenters. The third-order valence-corrected chi connectivity index (χ3v) is 6.89. The van der Waals surface area contributed by atoms with Crippen LogP contribution in [0, 0.1) is 6.92 Å². The van der Waals surface area contributed by atoms with Crippen LogP contribution in [0.5, 0.6) is 11.5 Å². The van der Waals surface area contributed by atoms with Crippen molar-refractivity contribution in [1.82, 2.24) is 9.88 Å². The first-order valence-corrected chi connectivity index (χ1v) is 12.0. The fourth-order valence-electron chi connectivity index (χ4n) is 4.93. The zero-order valence-corrected chi connectivity index (χ0v) is 20.9. The van der Waals surface area contributed by atoms with Gasteiger partial charge in [0.25, 0.3) is 11.7 Å². The van der Waals surface area contributed by atoms with Gasteiger partial charge in [-0.15, -0.1) is 0 Å². The maximum Gasteiger partial charge on any atom is 0.295 e. The number of carbonyl (C=O) groups excluding carboxylic acids is 2. The van der Waals surface area contributed by atoms with E-state index in [-0.39, 0.29) is 17.9 Å². The summed E-state index contributed by atoms with van der Waals surface area (Å²) >= 11 is 0. The summed E-state index contributed by atoms with van der Waals surface area (Å²) in [5.41, 5.74) is 4.25. The summed E-state index contributed by atoms with van der Waals surface area (Å²) < 4.78 is 10.9. The summed E-state index contributed by atoms with van der Waals surface area (Å²) in [6.45, 7) is 2.23. The van der Waals surface area contributed by atoms with Crippen LogP contribution in [0.25, 0.3) is 16.7 Å². The molecule has 1 unspecified atom stereocenters. The van der Waals surface area contributed by atoms with Gasteiger partial charge in [-0.25, -0.2) is 0 Å². The van der Waals surface area contributed by atoms with E-state index in [0.29, 0.717) is 29.0 Å². The first kappa shape index (κ1) is 24.2. The molecule has 7 nitrogen and oxygen atoms in total. The molecule has 0 aliphatic carbocycles. The zero-order valence-electron chi connectivity index (χ0n) is 20.9. The monoisotopic (exact) mass is 496 g/mol. The predicted octanol–water partition coefficient (Wildman–Crippen LogP) is 5.16. The molecule has 7 heteroatoms. The van der Waals surface area contributed by atoms with Crippen molar-refractivity contribution in [3.8, 4) is 11.5 Å². The molecule has 1 aliphatic heterocycles. The Morgan fingerprint density at radius 2 is 1.70 bits per heavy atom. The number of aryl methyl sites for hydroxylation is 1. The predicted molar refractivity (Wildman–Crippen MR) is 142 cm³/mol. The van der Waals surface area contributed by atoms with Gasteiger partial charge in [0.1, 0.15) is 5.76 Å². The fourth-order valence-corrected chi connectivity index (χ4v) is 4.93. The van der Waals surface area contributed by atoms with E-state index in [1.165, 1.54) is 12.0 Å². The number of ether oxygens (including phenoxy) is 2. The molecule has 5 rings (SSSR count). The van der Waals surface area contributed by atoms with Crippen LogP contribution in [0.15, 0.2) is 78.5 Å². The first-order valence-electron chi connectivity index (χ1n) is 12.0. The number of hydrogen-bond acceptors (Lipinski definition) is 5. The fraction of sp³-hybridized carbons (Fsp3) is 0.200. The largest absolute Gasteiger partial charge is 0.507 e. The van der Waals surface area contributed by atoms with Crippen LogP contribution >= 0.6 is 0 Å².